The fourth-order valence-corrected chi connectivity index (χ4v) is 3.26. The number of nitrogens with zero attached hydrogens (tertiary/aromatic N) is 1. The largest absolute Gasteiger partial charge is 0.493 e. The third-order valence-corrected chi connectivity index (χ3v) is 4.62. The van der Waals surface area contributed by atoms with Gasteiger partial charge in [0.05, 0.1) is 25.7 Å². The topological polar surface area (TPSA) is 107 Å². The van der Waals surface area contributed by atoms with Gasteiger partial charge in [0, 0.05) is 5.69 Å². The highest BCUT2D eigenvalue weighted by Gasteiger charge is 2.36. The SMILES string of the molecule is COc1ccc([C@H]2C(C#N)=C(N)OC(C)=C2C(=O)Nc2ccccc2)cc1OC. The zero-order chi connectivity index (χ0) is 21.0. The molecular formula is C22H21N3O4. The van der Waals surface area contributed by atoms with E-state index in [0.29, 0.717) is 34.1 Å². The molecule has 29 heavy (non-hydrogen) atoms. The lowest BCUT2D eigenvalue weighted by molar-refractivity contribution is -0.113. The smallest absolute Gasteiger partial charge is 0.255 e. The summed E-state index contributed by atoms with van der Waals surface area (Å²) in [4.78, 5) is 13.1. The molecule has 148 valence electrons. The maximum Gasteiger partial charge on any atom is 0.255 e. The van der Waals surface area contributed by atoms with Crippen LogP contribution in [-0.2, 0) is 9.53 Å². The van der Waals surface area contributed by atoms with Crippen LogP contribution in [0.5, 0.6) is 11.5 Å². The summed E-state index contributed by atoms with van der Waals surface area (Å²) in [6.07, 6.45) is 0. The highest BCUT2D eigenvalue weighted by atomic mass is 16.5. The third kappa shape index (κ3) is 3.87. The number of nitriles is 1. The fraction of sp³-hybridized carbons (Fsp3) is 0.182. The van der Waals surface area contributed by atoms with Crippen molar-refractivity contribution in [3.63, 3.8) is 0 Å². The molecule has 0 spiro atoms. The Morgan fingerprint density at radius 2 is 1.83 bits per heavy atom. The van der Waals surface area contributed by atoms with Crippen LogP contribution in [0.3, 0.4) is 0 Å². The highest BCUT2D eigenvalue weighted by Crippen LogP contribution is 2.42. The van der Waals surface area contributed by atoms with E-state index in [1.165, 1.54) is 14.2 Å². The molecule has 0 fully saturated rings. The minimum atomic E-state index is -0.711. The van der Waals surface area contributed by atoms with Gasteiger partial charge in [-0.1, -0.05) is 24.3 Å². The molecule has 0 saturated heterocycles. The van der Waals surface area contributed by atoms with Crippen LogP contribution in [-0.4, -0.2) is 20.1 Å². The summed E-state index contributed by atoms with van der Waals surface area (Å²) in [5.41, 5.74) is 7.70. The third-order valence-electron chi connectivity index (χ3n) is 4.62. The number of para-hydroxylation sites is 1. The van der Waals surface area contributed by atoms with Gasteiger partial charge in [-0.05, 0) is 36.8 Å². The van der Waals surface area contributed by atoms with E-state index >= 15 is 0 Å². The van der Waals surface area contributed by atoms with Gasteiger partial charge in [0.25, 0.3) is 5.91 Å². The lowest BCUT2D eigenvalue weighted by Crippen LogP contribution is -2.27. The van der Waals surface area contributed by atoms with Gasteiger partial charge in [0.15, 0.2) is 11.5 Å². The Kier molecular flexibility index (Phi) is 5.74. The van der Waals surface area contributed by atoms with E-state index in [4.69, 9.17) is 19.9 Å². The minimum Gasteiger partial charge on any atom is -0.493 e. The number of hydrogen-bond acceptors (Lipinski definition) is 6. The zero-order valence-electron chi connectivity index (χ0n) is 16.4. The van der Waals surface area contributed by atoms with E-state index in [-0.39, 0.29) is 17.4 Å². The van der Waals surface area contributed by atoms with Crippen LogP contribution in [0.25, 0.3) is 0 Å². The molecule has 0 saturated carbocycles. The zero-order valence-corrected chi connectivity index (χ0v) is 16.4. The van der Waals surface area contributed by atoms with Gasteiger partial charge in [-0.3, -0.25) is 4.79 Å². The lowest BCUT2D eigenvalue weighted by Gasteiger charge is -2.27. The number of carbonyl (C=O) groups excluding carboxylic acids is 1. The van der Waals surface area contributed by atoms with E-state index in [1.54, 1.807) is 37.3 Å². The summed E-state index contributed by atoms with van der Waals surface area (Å²) < 4.78 is 16.2. The van der Waals surface area contributed by atoms with Crippen molar-refractivity contribution >= 4 is 11.6 Å². The molecule has 0 radical (unpaired) electrons. The van der Waals surface area contributed by atoms with Crippen molar-refractivity contribution in [1.82, 2.24) is 0 Å². The summed E-state index contributed by atoms with van der Waals surface area (Å²) in [6.45, 7) is 1.65. The molecular weight excluding hydrogens is 370 g/mol. The summed E-state index contributed by atoms with van der Waals surface area (Å²) >= 11 is 0. The van der Waals surface area contributed by atoms with Crippen LogP contribution in [0.15, 0.2) is 71.3 Å². The average Bonchev–Trinajstić information content (AvgIpc) is 2.73. The standard InChI is InChI=1S/C22H21N3O4/c1-13-19(22(26)25-15-7-5-4-6-8-15)20(16(12-23)21(24)29-13)14-9-10-17(27-2)18(11-14)28-3/h4-11,20H,24H2,1-3H3,(H,25,26)/t20-/m0/s1. The summed E-state index contributed by atoms with van der Waals surface area (Å²) in [6, 6.07) is 16.3. The predicted octanol–water partition coefficient (Wildman–Crippen LogP) is 3.42. The molecule has 1 amide bonds. The van der Waals surface area contributed by atoms with Crippen molar-refractivity contribution in [2.24, 2.45) is 5.73 Å². The van der Waals surface area contributed by atoms with Crippen molar-refractivity contribution in [2.75, 3.05) is 19.5 Å². The number of anilines is 1. The van der Waals surface area contributed by atoms with Gasteiger partial charge in [-0.25, -0.2) is 0 Å². The summed E-state index contributed by atoms with van der Waals surface area (Å²) in [5, 5.41) is 12.6. The van der Waals surface area contributed by atoms with Crippen molar-refractivity contribution in [3.8, 4) is 17.6 Å². The van der Waals surface area contributed by atoms with Crippen LogP contribution in [0.4, 0.5) is 5.69 Å². The molecule has 2 aromatic rings. The second-order valence-electron chi connectivity index (χ2n) is 6.33. The number of nitrogens with one attached hydrogen (secondary N) is 1. The first-order valence-electron chi connectivity index (χ1n) is 8.86. The van der Waals surface area contributed by atoms with Crippen LogP contribution < -0.4 is 20.5 Å². The van der Waals surface area contributed by atoms with Crippen molar-refractivity contribution in [3.05, 3.63) is 76.9 Å². The van der Waals surface area contributed by atoms with E-state index < -0.39 is 5.92 Å². The first kappa shape index (κ1) is 19.8. The summed E-state index contributed by atoms with van der Waals surface area (Å²) in [7, 11) is 3.05. The van der Waals surface area contributed by atoms with Crippen molar-refractivity contribution < 1.29 is 19.0 Å². The normalized spacial score (nSPS) is 16.0. The Balaban J connectivity index is 2.09. The Hall–Kier alpha value is -3.92. The van der Waals surface area contributed by atoms with E-state index in [9.17, 15) is 10.1 Å². The molecule has 2 aromatic carbocycles. The molecule has 7 nitrogen and oxygen atoms in total. The number of benzene rings is 2. The van der Waals surface area contributed by atoms with Gasteiger partial charge in [0.2, 0.25) is 5.88 Å². The molecule has 1 aliphatic heterocycles. The monoisotopic (exact) mass is 391 g/mol. The maximum atomic E-state index is 13.1. The number of hydrogen-bond donors (Lipinski definition) is 2. The number of carbonyl (C=O) groups is 1. The molecule has 1 aliphatic rings. The second-order valence-corrected chi connectivity index (χ2v) is 6.33. The first-order valence-corrected chi connectivity index (χ1v) is 8.86. The minimum absolute atomic E-state index is 0.0268. The molecule has 3 N–H and O–H groups in total. The molecule has 7 heteroatoms. The van der Waals surface area contributed by atoms with Crippen molar-refractivity contribution in [1.29, 1.82) is 5.26 Å². The van der Waals surface area contributed by atoms with Gasteiger partial charge >= 0.3 is 0 Å². The molecule has 0 aliphatic carbocycles. The number of ether oxygens (including phenoxy) is 3. The van der Waals surface area contributed by atoms with E-state index in [1.807, 2.05) is 18.2 Å². The Morgan fingerprint density at radius 1 is 1.14 bits per heavy atom. The van der Waals surface area contributed by atoms with Crippen LogP contribution in [0.2, 0.25) is 0 Å². The summed E-state index contributed by atoms with van der Waals surface area (Å²) in [5.74, 6) is 0.226. The molecule has 0 aromatic heterocycles. The predicted molar refractivity (Wildman–Crippen MR) is 108 cm³/mol. The lowest BCUT2D eigenvalue weighted by atomic mass is 9.82. The number of rotatable bonds is 5. The van der Waals surface area contributed by atoms with E-state index in [2.05, 4.69) is 11.4 Å². The van der Waals surface area contributed by atoms with Crippen molar-refractivity contribution in [2.45, 2.75) is 12.8 Å². The fourth-order valence-electron chi connectivity index (χ4n) is 3.26. The number of amides is 1. The van der Waals surface area contributed by atoms with Crippen LogP contribution in [0, 0.1) is 11.3 Å². The quantitative estimate of drug-likeness (QED) is 0.809. The molecule has 0 unspecified atom stereocenters. The molecule has 3 rings (SSSR count). The second kappa shape index (κ2) is 8.40. The Morgan fingerprint density at radius 3 is 2.45 bits per heavy atom. The number of nitrogens with two attached hydrogens (primary N) is 1. The average molecular weight is 391 g/mol. The van der Waals surface area contributed by atoms with Gasteiger partial charge in [0.1, 0.15) is 17.4 Å². The van der Waals surface area contributed by atoms with Crippen LogP contribution >= 0.6 is 0 Å². The van der Waals surface area contributed by atoms with Gasteiger partial charge in [-0.2, -0.15) is 5.26 Å². The highest BCUT2D eigenvalue weighted by molar-refractivity contribution is 6.06. The van der Waals surface area contributed by atoms with E-state index in [0.717, 1.165) is 0 Å². The van der Waals surface area contributed by atoms with Gasteiger partial charge < -0.3 is 25.3 Å². The van der Waals surface area contributed by atoms with Crippen LogP contribution in [0.1, 0.15) is 18.4 Å². The Bertz CT molecular complexity index is 1040. The first-order chi connectivity index (χ1) is 14.0. The molecule has 1 heterocycles. The molecule has 1 atom stereocenters. The number of allylic oxidation sites excluding steroid dienone is 2. The number of methoxy groups -OCH3 is 2. The Labute approximate surface area is 169 Å². The maximum absolute atomic E-state index is 13.1. The molecule has 0 bridgehead atoms. The van der Waals surface area contributed by atoms with Gasteiger partial charge in [-0.15, -0.1) is 0 Å².